The zero-order valence-corrected chi connectivity index (χ0v) is 18.0. The van der Waals surface area contributed by atoms with Gasteiger partial charge in [0, 0.05) is 44.7 Å². The first-order chi connectivity index (χ1) is 14.0. The highest BCUT2D eigenvalue weighted by atomic mass is 35.5. The van der Waals surface area contributed by atoms with Crippen LogP contribution in [0.15, 0.2) is 53.5 Å². The Balaban J connectivity index is 1.65. The first kappa shape index (κ1) is 21.2. The number of benzene rings is 2. The van der Waals surface area contributed by atoms with Crippen molar-refractivity contribution in [2.75, 3.05) is 20.1 Å². The lowest BCUT2D eigenvalue weighted by molar-refractivity contribution is -0.128. The van der Waals surface area contributed by atoms with Crippen LogP contribution in [0.4, 0.5) is 0 Å². The third-order valence-electron chi connectivity index (χ3n) is 4.98. The lowest BCUT2D eigenvalue weighted by Crippen LogP contribution is -2.38. The lowest BCUT2D eigenvalue weighted by Gasteiger charge is -2.22. The molecule has 1 saturated heterocycles. The van der Waals surface area contributed by atoms with E-state index in [1.807, 2.05) is 42.3 Å². The number of carbonyl (C=O) groups is 1. The van der Waals surface area contributed by atoms with Gasteiger partial charge in [-0.15, -0.1) is 0 Å². The Morgan fingerprint density at radius 3 is 2.62 bits per heavy atom. The molecule has 154 valence electrons. The molecule has 0 bridgehead atoms. The molecule has 1 amide bonds. The van der Waals surface area contributed by atoms with Gasteiger partial charge in [-0.25, -0.2) is 4.99 Å². The van der Waals surface area contributed by atoms with Gasteiger partial charge in [-0.1, -0.05) is 48.0 Å². The van der Waals surface area contributed by atoms with Crippen molar-refractivity contribution in [3.63, 3.8) is 0 Å². The van der Waals surface area contributed by atoms with Crippen LogP contribution in [0.2, 0.25) is 5.02 Å². The molecule has 1 aliphatic heterocycles. The van der Waals surface area contributed by atoms with E-state index in [9.17, 15) is 4.79 Å². The van der Waals surface area contributed by atoms with Crippen LogP contribution in [0.3, 0.4) is 0 Å². The molecule has 5 nitrogen and oxygen atoms in total. The van der Waals surface area contributed by atoms with Crippen molar-refractivity contribution in [2.24, 2.45) is 4.99 Å². The molecule has 3 rings (SSSR count). The van der Waals surface area contributed by atoms with E-state index in [1.54, 1.807) is 0 Å². The van der Waals surface area contributed by atoms with Crippen molar-refractivity contribution >= 4 is 23.5 Å². The highest BCUT2D eigenvalue weighted by molar-refractivity contribution is 6.30. The number of rotatable bonds is 7. The molecule has 29 heavy (non-hydrogen) atoms. The van der Waals surface area contributed by atoms with Crippen LogP contribution in [0, 0.1) is 0 Å². The molecule has 1 N–H and O–H groups in total. The molecule has 1 heterocycles. The summed E-state index contributed by atoms with van der Waals surface area (Å²) in [5.74, 6) is 1.12. The first-order valence-corrected chi connectivity index (χ1v) is 10.5. The minimum Gasteiger partial charge on any atom is -0.357 e. The molecule has 0 atom stereocenters. The molecule has 0 aromatic heterocycles. The summed E-state index contributed by atoms with van der Waals surface area (Å²) in [5.41, 5.74) is 3.48. The van der Waals surface area contributed by atoms with Crippen LogP contribution in [0.5, 0.6) is 0 Å². The summed E-state index contributed by atoms with van der Waals surface area (Å²) in [5, 5.41) is 4.10. The lowest BCUT2D eigenvalue weighted by atomic mass is 10.1. The maximum absolute atomic E-state index is 11.9. The smallest absolute Gasteiger partial charge is 0.222 e. The van der Waals surface area contributed by atoms with E-state index < -0.39 is 0 Å². The maximum Gasteiger partial charge on any atom is 0.222 e. The highest BCUT2D eigenvalue weighted by Crippen LogP contribution is 2.16. The summed E-state index contributed by atoms with van der Waals surface area (Å²) in [6.07, 6.45) is 1.64. The topological polar surface area (TPSA) is 47.9 Å². The Bertz CT molecular complexity index is 850. The van der Waals surface area contributed by atoms with Gasteiger partial charge in [0.25, 0.3) is 0 Å². The largest absolute Gasteiger partial charge is 0.357 e. The third-order valence-corrected chi connectivity index (χ3v) is 5.23. The highest BCUT2D eigenvalue weighted by Gasteiger charge is 2.19. The van der Waals surface area contributed by atoms with E-state index in [-0.39, 0.29) is 5.91 Å². The van der Waals surface area contributed by atoms with Gasteiger partial charge in [0.1, 0.15) is 0 Å². The molecule has 1 aliphatic rings. The number of nitrogens with zero attached hydrogens (tertiary/aromatic N) is 3. The van der Waals surface area contributed by atoms with Crippen LogP contribution in [-0.2, 0) is 24.4 Å². The Morgan fingerprint density at radius 1 is 1.17 bits per heavy atom. The number of nitrogens with one attached hydrogen (secondary N) is 1. The van der Waals surface area contributed by atoms with E-state index >= 15 is 0 Å². The monoisotopic (exact) mass is 412 g/mol. The average molecular weight is 413 g/mol. The normalized spacial score (nSPS) is 14.4. The van der Waals surface area contributed by atoms with Gasteiger partial charge in [-0.05, 0) is 42.2 Å². The van der Waals surface area contributed by atoms with Gasteiger partial charge in [0.15, 0.2) is 5.96 Å². The number of hydrogen-bond acceptors (Lipinski definition) is 2. The Kier molecular flexibility index (Phi) is 7.53. The maximum atomic E-state index is 11.9. The minimum atomic E-state index is 0.256. The molecule has 0 unspecified atom stereocenters. The van der Waals surface area contributed by atoms with Crippen molar-refractivity contribution in [2.45, 2.75) is 39.4 Å². The second-order valence-corrected chi connectivity index (χ2v) is 7.83. The summed E-state index contributed by atoms with van der Waals surface area (Å²) < 4.78 is 0. The molecular formula is C23H29ClN4O. The zero-order chi connectivity index (χ0) is 20.6. The van der Waals surface area contributed by atoms with Gasteiger partial charge < -0.3 is 15.1 Å². The quantitative estimate of drug-likeness (QED) is 0.551. The van der Waals surface area contributed by atoms with Crippen LogP contribution in [0.25, 0.3) is 0 Å². The molecular weight excluding hydrogens is 384 g/mol. The van der Waals surface area contributed by atoms with Crippen molar-refractivity contribution in [3.8, 4) is 0 Å². The SMILES string of the molecule is CCNC(=NCc1cccc(CN2CCCC2=O)c1)N(C)Cc1ccc(Cl)cc1. The number of aliphatic imine (C=N–C) groups is 1. The second-order valence-electron chi connectivity index (χ2n) is 7.39. The first-order valence-electron chi connectivity index (χ1n) is 10.1. The van der Waals surface area contributed by atoms with Gasteiger partial charge in [0.2, 0.25) is 5.91 Å². The molecule has 0 spiro atoms. The molecule has 2 aromatic carbocycles. The van der Waals surface area contributed by atoms with Crippen LogP contribution in [0.1, 0.15) is 36.5 Å². The van der Waals surface area contributed by atoms with Crippen molar-refractivity contribution < 1.29 is 4.79 Å². The molecule has 0 radical (unpaired) electrons. The summed E-state index contributed by atoms with van der Waals surface area (Å²) >= 11 is 5.98. The van der Waals surface area contributed by atoms with Crippen LogP contribution < -0.4 is 5.32 Å². The summed E-state index contributed by atoms with van der Waals surface area (Å²) in [6, 6.07) is 16.2. The van der Waals surface area contributed by atoms with E-state index in [1.165, 1.54) is 5.56 Å². The van der Waals surface area contributed by atoms with E-state index in [0.29, 0.717) is 19.5 Å². The fourth-order valence-electron chi connectivity index (χ4n) is 3.49. The predicted octanol–water partition coefficient (Wildman–Crippen LogP) is 4.06. The minimum absolute atomic E-state index is 0.256. The number of likely N-dealkylation sites (tertiary alicyclic amines) is 1. The molecule has 2 aromatic rings. The Labute approximate surface area is 178 Å². The van der Waals surface area contributed by atoms with E-state index in [2.05, 4.69) is 35.3 Å². The number of hydrogen-bond donors (Lipinski definition) is 1. The van der Waals surface area contributed by atoms with Crippen molar-refractivity contribution in [1.29, 1.82) is 0 Å². The van der Waals surface area contributed by atoms with Gasteiger partial charge in [0.05, 0.1) is 6.54 Å². The van der Waals surface area contributed by atoms with Crippen LogP contribution >= 0.6 is 11.6 Å². The number of amides is 1. The van der Waals surface area contributed by atoms with E-state index in [4.69, 9.17) is 16.6 Å². The average Bonchev–Trinajstić information content (AvgIpc) is 3.11. The zero-order valence-electron chi connectivity index (χ0n) is 17.2. The fraction of sp³-hybridized carbons (Fsp3) is 0.391. The number of halogens is 1. The van der Waals surface area contributed by atoms with Gasteiger partial charge >= 0.3 is 0 Å². The molecule has 6 heteroatoms. The summed E-state index contributed by atoms with van der Waals surface area (Å²) in [6.45, 7) is 5.77. The second kappa shape index (κ2) is 10.3. The third kappa shape index (κ3) is 6.23. The van der Waals surface area contributed by atoms with Crippen LogP contribution in [-0.4, -0.2) is 41.8 Å². The van der Waals surface area contributed by atoms with Gasteiger partial charge in [-0.3, -0.25) is 4.79 Å². The molecule has 0 saturated carbocycles. The summed E-state index contributed by atoms with van der Waals surface area (Å²) in [4.78, 5) is 20.7. The van der Waals surface area contributed by atoms with Crippen molar-refractivity contribution in [3.05, 3.63) is 70.2 Å². The molecule has 0 aliphatic carbocycles. The predicted molar refractivity (Wildman–Crippen MR) is 119 cm³/mol. The number of guanidine groups is 1. The molecule has 1 fully saturated rings. The van der Waals surface area contributed by atoms with Gasteiger partial charge in [-0.2, -0.15) is 0 Å². The van der Waals surface area contributed by atoms with E-state index in [0.717, 1.165) is 48.2 Å². The number of carbonyl (C=O) groups excluding carboxylic acids is 1. The summed E-state index contributed by atoms with van der Waals surface area (Å²) in [7, 11) is 2.03. The Morgan fingerprint density at radius 2 is 1.93 bits per heavy atom. The van der Waals surface area contributed by atoms with Crippen molar-refractivity contribution in [1.82, 2.24) is 15.1 Å². The standard InChI is InChI=1S/C23H29ClN4O/c1-3-25-23(27(2)16-18-9-11-21(24)12-10-18)26-15-19-6-4-7-20(14-19)17-28-13-5-8-22(28)29/h4,6-7,9-12,14H,3,5,8,13,15-17H2,1-2H3,(H,25,26). The Hall–Kier alpha value is -2.53. The fourth-order valence-corrected chi connectivity index (χ4v) is 3.62.